The molecule has 3 saturated carbocycles. The average Bonchev–Trinajstić information content (AvgIpc) is 3.83. The van der Waals surface area contributed by atoms with E-state index in [0.29, 0.717) is 35.0 Å². The second-order valence-electron chi connectivity index (χ2n) is 13.1. The molecular formula is C31H38ClN3O7. The normalized spacial score (nSPS) is 30.0. The number of fused-ring (bicyclic) bond motifs is 3. The van der Waals surface area contributed by atoms with Crippen molar-refractivity contribution in [2.75, 3.05) is 20.6 Å². The molecule has 5 atom stereocenters. The number of carbonyl (C=O) groups is 3. The summed E-state index contributed by atoms with van der Waals surface area (Å²) in [6.07, 6.45) is 5.04. The number of benzene rings is 1. The molecule has 0 aliphatic heterocycles. The molecule has 0 aromatic heterocycles. The van der Waals surface area contributed by atoms with E-state index in [1.807, 2.05) is 0 Å². The zero-order valence-corrected chi connectivity index (χ0v) is 24.8. The number of nitrogens with zero attached hydrogens (tertiary/aromatic N) is 2. The van der Waals surface area contributed by atoms with Crippen molar-refractivity contribution >= 4 is 34.8 Å². The number of phenolic OH excluding ortho intramolecular Hbond substituents is 1. The number of primary amides is 1. The van der Waals surface area contributed by atoms with Crippen LogP contribution in [0.4, 0.5) is 0 Å². The zero-order valence-electron chi connectivity index (χ0n) is 24.1. The van der Waals surface area contributed by atoms with Gasteiger partial charge >= 0.3 is 0 Å². The lowest BCUT2D eigenvalue weighted by molar-refractivity contribution is -0.153. The molecule has 226 valence electrons. The van der Waals surface area contributed by atoms with E-state index in [1.54, 1.807) is 14.1 Å². The topological polar surface area (TPSA) is 165 Å². The third-order valence-electron chi connectivity index (χ3n) is 10.2. The number of rotatable bonds is 8. The summed E-state index contributed by atoms with van der Waals surface area (Å²) in [5, 5.41) is 45.8. The largest absolute Gasteiger partial charge is 0.508 e. The summed E-state index contributed by atoms with van der Waals surface area (Å²) in [5.74, 6) is -5.40. The fourth-order valence-corrected chi connectivity index (χ4v) is 7.85. The number of aromatic hydroxyl groups is 1. The van der Waals surface area contributed by atoms with Gasteiger partial charge in [0.05, 0.1) is 11.6 Å². The van der Waals surface area contributed by atoms with E-state index >= 15 is 0 Å². The van der Waals surface area contributed by atoms with Crippen LogP contribution in [0.5, 0.6) is 5.75 Å². The number of halogens is 1. The smallest absolute Gasteiger partial charge is 0.255 e. The number of amides is 1. The van der Waals surface area contributed by atoms with Gasteiger partial charge in [-0.3, -0.25) is 24.2 Å². The van der Waals surface area contributed by atoms with Crippen molar-refractivity contribution in [1.82, 2.24) is 9.80 Å². The van der Waals surface area contributed by atoms with Gasteiger partial charge in [0.15, 0.2) is 11.4 Å². The van der Waals surface area contributed by atoms with Gasteiger partial charge in [-0.15, -0.1) is 0 Å². The minimum Gasteiger partial charge on any atom is -0.508 e. The third kappa shape index (κ3) is 4.37. The summed E-state index contributed by atoms with van der Waals surface area (Å²) in [6.45, 7) is 3.74. The summed E-state index contributed by atoms with van der Waals surface area (Å²) in [6, 6.07) is 0.788. The molecule has 1 aromatic carbocycles. The van der Waals surface area contributed by atoms with Crippen molar-refractivity contribution in [1.29, 1.82) is 0 Å². The van der Waals surface area contributed by atoms with Crippen LogP contribution in [0.3, 0.4) is 0 Å². The van der Waals surface area contributed by atoms with Crippen molar-refractivity contribution in [3.05, 3.63) is 44.7 Å². The predicted octanol–water partition coefficient (Wildman–Crippen LogP) is 2.63. The number of aliphatic hydroxyl groups excluding tert-OH is 2. The first kappa shape index (κ1) is 29.2. The van der Waals surface area contributed by atoms with Crippen LogP contribution < -0.4 is 5.73 Å². The van der Waals surface area contributed by atoms with Crippen LogP contribution in [0.25, 0.3) is 5.76 Å². The maximum atomic E-state index is 14.0. The summed E-state index contributed by atoms with van der Waals surface area (Å²) in [7, 11) is 3.15. The van der Waals surface area contributed by atoms with Gasteiger partial charge in [0.2, 0.25) is 5.78 Å². The van der Waals surface area contributed by atoms with Gasteiger partial charge < -0.3 is 26.2 Å². The van der Waals surface area contributed by atoms with Gasteiger partial charge in [-0.1, -0.05) is 11.6 Å². The Morgan fingerprint density at radius 1 is 1.17 bits per heavy atom. The highest BCUT2D eigenvalue weighted by Crippen LogP contribution is 2.54. The monoisotopic (exact) mass is 599 g/mol. The molecule has 3 fully saturated rings. The van der Waals surface area contributed by atoms with Gasteiger partial charge in [-0.2, -0.15) is 0 Å². The van der Waals surface area contributed by atoms with E-state index in [4.69, 9.17) is 17.3 Å². The molecule has 1 amide bonds. The maximum Gasteiger partial charge on any atom is 0.255 e. The van der Waals surface area contributed by atoms with Gasteiger partial charge in [-0.25, -0.2) is 0 Å². The third-order valence-corrected chi connectivity index (χ3v) is 10.6. The minimum atomic E-state index is -2.66. The Hall–Kier alpha value is -2.92. The lowest BCUT2D eigenvalue weighted by atomic mass is 9.57. The number of aliphatic hydroxyl groups is 3. The van der Waals surface area contributed by atoms with E-state index < -0.39 is 58.0 Å². The number of ketones is 2. The van der Waals surface area contributed by atoms with E-state index in [-0.39, 0.29) is 29.7 Å². The Balaban J connectivity index is 1.43. The van der Waals surface area contributed by atoms with E-state index in [0.717, 1.165) is 12.1 Å². The van der Waals surface area contributed by atoms with Crippen LogP contribution in [0.1, 0.15) is 55.7 Å². The number of likely N-dealkylation sites (N-methyl/N-ethyl adjacent to an activating group) is 1. The molecule has 5 aliphatic rings. The summed E-state index contributed by atoms with van der Waals surface area (Å²) in [4.78, 5) is 43.3. The summed E-state index contributed by atoms with van der Waals surface area (Å²) >= 11 is 7.00. The fraction of sp³-hybridized carbons (Fsp3) is 0.581. The van der Waals surface area contributed by atoms with Gasteiger partial charge in [-0.05, 0) is 94.5 Å². The first-order valence-electron chi connectivity index (χ1n) is 14.7. The quantitative estimate of drug-likeness (QED) is 0.282. The molecule has 1 aromatic rings. The van der Waals surface area contributed by atoms with E-state index in [2.05, 4.69) is 11.8 Å². The lowest BCUT2D eigenvalue weighted by Crippen LogP contribution is -2.65. The highest BCUT2D eigenvalue weighted by Gasteiger charge is 2.64. The Bertz CT molecular complexity index is 1460. The molecule has 0 spiro atoms. The molecule has 0 bridgehead atoms. The van der Waals surface area contributed by atoms with Crippen LogP contribution >= 0.6 is 11.6 Å². The lowest BCUT2D eigenvalue weighted by Gasteiger charge is -2.50. The Morgan fingerprint density at radius 2 is 1.83 bits per heavy atom. The maximum absolute atomic E-state index is 14.0. The van der Waals surface area contributed by atoms with Crippen molar-refractivity contribution < 1.29 is 34.8 Å². The number of carbonyl (C=O) groups excluding carboxylic acids is 3. The number of hydrogen-bond acceptors (Lipinski definition) is 9. The fourth-order valence-electron chi connectivity index (χ4n) is 7.56. The highest BCUT2D eigenvalue weighted by atomic mass is 35.5. The predicted molar refractivity (Wildman–Crippen MR) is 155 cm³/mol. The van der Waals surface area contributed by atoms with Crippen LogP contribution in [0, 0.1) is 23.7 Å². The standard InChI is InChI=1S/C31H38ClN3O7/c1-13(15-6-7-15)35(11-14-4-5-14)12-17-10-20(36)22-18(24(17)32)8-16-9-19-25(34(2)3)27(38)23(30(33)41)29(40)31(19,42)28(39)21(16)26(22)37/h10,13-16,19,25,36-37,40,42H,4-9,11-12H2,1-3H3,(H2,33,41)/t13-,16+,19+,25+,31+/m1/s1. The van der Waals surface area contributed by atoms with Gasteiger partial charge in [0.25, 0.3) is 5.91 Å². The van der Waals surface area contributed by atoms with E-state index in [9.17, 15) is 34.8 Å². The SMILES string of the molecule is C[C@H](C1CC1)N(Cc1cc(O)c2c(c1Cl)C[C@H]1C[C@H]3[C@H](N(C)C)C(=O)C(C(N)=O)=C(O)[C@@]3(O)C(=O)C1=C2O)CC1CC1. The van der Waals surface area contributed by atoms with Crippen molar-refractivity contribution in [2.24, 2.45) is 29.4 Å². The number of nitrogens with two attached hydrogens (primary N) is 1. The van der Waals surface area contributed by atoms with E-state index in [1.165, 1.54) is 36.6 Å². The molecule has 0 heterocycles. The molecule has 0 radical (unpaired) electrons. The number of phenols is 1. The highest BCUT2D eigenvalue weighted by molar-refractivity contribution is 6.32. The molecule has 0 unspecified atom stereocenters. The Labute approximate surface area is 249 Å². The van der Waals surface area contributed by atoms with Gasteiger partial charge in [0.1, 0.15) is 22.8 Å². The van der Waals surface area contributed by atoms with Crippen LogP contribution in [0.15, 0.2) is 23.0 Å². The molecule has 6 N–H and O–H groups in total. The van der Waals surface area contributed by atoms with Crippen molar-refractivity contribution in [2.45, 2.75) is 69.7 Å². The number of hydrogen-bond donors (Lipinski definition) is 5. The molecule has 42 heavy (non-hydrogen) atoms. The molecule has 5 aliphatic carbocycles. The first-order chi connectivity index (χ1) is 19.8. The molecule has 0 saturated heterocycles. The van der Waals surface area contributed by atoms with Crippen LogP contribution in [-0.2, 0) is 27.3 Å². The molecular weight excluding hydrogens is 562 g/mol. The molecule has 6 rings (SSSR count). The Kier molecular flexibility index (Phi) is 7.00. The minimum absolute atomic E-state index is 0.0176. The first-order valence-corrected chi connectivity index (χ1v) is 15.1. The second kappa shape index (κ2) is 10.1. The second-order valence-corrected chi connectivity index (χ2v) is 13.5. The molecule has 11 heteroatoms. The van der Waals surface area contributed by atoms with Gasteiger partial charge in [0, 0.05) is 35.6 Å². The average molecular weight is 600 g/mol. The van der Waals surface area contributed by atoms with Crippen LogP contribution in [0.2, 0.25) is 5.02 Å². The van der Waals surface area contributed by atoms with Crippen molar-refractivity contribution in [3.63, 3.8) is 0 Å². The zero-order chi connectivity index (χ0) is 30.4. The summed E-state index contributed by atoms with van der Waals surface area (Å²) in [5.41, 5.74) is 2.97. The summed E-state index contributed by atoms with van der Waals surface area (Å²) < 4.78 is 0. The van der Waals surface area contributed by atoms with Crippen LogP contribution in [-0.4, -0.2) is 86.0 Å². The number of Topliss-reactive ketones (excluding diaryl/α,β-unsaturated/α-hetero) is 2. The Morgan fingerprint density at radius 3 is 2.40 bits per heavy atom. The molecule has 10 nitrogen and oxygen atoms in total. The van der Waals surface area contributed by atoms with Crippen molar-refractivity contribution in [3.8, 4) is 5.75 Å².